The van der Waals surface area contributed by atoms with Crippen LogP contribution in [0.25, 0.3) is 0 Å². The molecule has 1 atom stereocenters. The molecule has 1 aliphatic rings. The maximum absolute atomic E-state index is 14.0. The number of nitrogens with one attached hydrogen (secondary N) is 1. The van der Waals surface area contributed by atoms with Crippen LogP contribution in [0.3, 0.4) is 0 Å². The lowest BCUT2D eigenvalue weighted by molar-refractivity contribution is 0.173. The Hall–Kier alpha value is -0.410. The number of alkyl halides is 1. The van der Waals surface area contributed by atoms with E-state index in [1.165, 1.54) is 0 Å². The van der Waals surface area contributed by atoms with Crippen molar-refractivity contribution < 1.29 is 4.39 Å². The lowest BCUT2D eigenvalue weighted by atomic mass is 9.90. The van der Waals surface area contributed by atoms with Gasteiger partial charge in [-0.1, -0.05) is 28.1 Å². The summed E-state index contributed by atoms with van der Waals surface area (Å²) in [5, 5.41) is 3.07. The van der Waals surface area contributed by atoms with E-state index in [0.29, 0.717) is 6.54 Å². The van der Waals surface area contributed by atoms with Crippen LogP contribution in [-0.2, 0) is 12.2 Å². The Labute approximate surface area is 85.5 Å². The fourth-order valence-corrected chi connectivity index (χ4v) is 2.25. The van der Waals surface area contributed by atoms with E-state index >= 15 is 0 Å². The molecule has 1 N–H and O–H groups in total. The molecular formula is C10H11BrFN. The largest absolute Gasteiger partial charge is 0.309 e. The van der Waals surface area contributed by atoms with Gasteiger partial charge in [0.1, 0.15) is 5.67 Å². The average molecular weight is 244 g/mol. The second-order valence-electron chi connectivity index (χ2n) is 3.57. The maximum Gasteiger partial charge on any atom is 0.145 e. The van der Waals surface area contributed by atoms with Gasteiger partial charge in [0, 0.05) is 17.6 Å². The molecule has 13 heavy (non-hydrogen) atoms. The molecule has 0 aliphatic carbocycles. The van der Waals surface area contributed by atoms with Crippen molar-refractivity contribution in [1.82, 2.24) is 5.32 Å². The summed E-state index contributed by atoms with van der Waals surface area (Å²) in [5.74, 6) is 0. The van der Waals surface area contributed by atoms with Crippen LogP contribution in [-0.4, -0.2) is 6.54 Å². The Morgan fingerprint density at radius 2 is 2.31 bits per heavy atom. The first-order valence-corrected chi connectivity index (χ1v) is 5.08. The second kappa shape index (κ2) is 3.07. The molecule has 0 bridgehead atoms. The summed E-state index contributed by atoms with van der Waals surface area (Å²) in [5.41, 5.74) is 0.608. The van der Waals surface area contributed by atoms with Gasteiger partial charge in [-0.2, -0.15) is 0 Å². The zero-order valence-corrected chi connectivity index (χ0v) is 8.99. The monoisotopic (exact) mass is 243 g/mol. The summed E-state index contributed by atoms with van der Waals surface area (Å²) in [6.45, 7) is 2.76. The molecular weight excluding hydrogens is 233 g/mol. The van der Waals surface area contributed by atoms with Gasteiger partial charge in [0.15, 0.2) is 0 Å². The van der Waals surface area contributed by atoms with Crippen LogP contribution in [0.5, 0.6) is 0 Å². The number of benzene rings is 1. The number of halogens is 2. The normalized spacial score (nSPS) is 27.0. The quantitative estimate of drug-likeness (QED) is 0.739. The van der Waals surface area contributed by atoms with Crippen LogP contribution >= 0.6 is 15.9 Å². The minimum Gasteiger partial charge on any atom is -0.309 e. The molecule has 70 valence electrons. The molecule has 2 rings (SSSR count). The lowest BCUT2D eigenvalue weighted by Crippen LogP contribution is -2.37. The van der Waals surface area contributed by atoms with Gasteiger partial charge in [-0.25, -0.2) is 4.39 Å². The van der Waals surface area contributed by atoms with Gasteiger partial charge in [0.05, 0.1) is 0 Å². The van der Waals surface area contributed by atoms with Gasteiger partial charge >= 0.3 is 0 Å². The predicted octanol–water partition coefficient (Wildman–Crippen LogP) is 2.74. The average Bonchev–Trinajstić information content (AvgIpc) is 2.06. The SMILES string of the molecule is CC1(F)CNCc2c(Br)cccc21. The first-order valence-electron chi connectivity index (χ1n) is 4.29. The molecule has 0 radical (unpaired) electrons. The standard InChI is InChI=1S/C10H11BrFN/c1-10(12)6-13-5-7-8(10)3-2-4-9(7)11/h2-4,13H,5-6H2,1H3. The highest BCUT2D eigenvalue weighted by Crippen LogP contribution is 2.34. The fraction of sp³-hybridized carbons (Fsp3) is 0.400. The molecule has 0 aromatic heterocycles. The molecule has 3 heteroatoms. The van der Waals surface area contributed by atoms with Gasteiger partial charge in [0.25, 0.3) is 0 Å². The molecule has 1 unspecified atom stereocenters. The topological polar surface area (TPSA) is 12.0 Å². The molecule has 0 spiro atoms. The van der Waals surface area contributed by atoms with Crippen molar-refractivity contribution >= 4 is 15.9 Å². The Morgan fingerprint density at radius 3 is 3.00 bits per heavy atom. The predicted molar refractivity (Wildman–Crippen MR) is 54.3 cm³/mol. The summed E-state index contributed by atoms with van der Waals surface area (Å²) in [7, 11) is 0. The third-order valence-corrected chi connectivity index (χ3v) is 3.18. The first-order chi connectivity index (χ1) is 6.11. The van der Waals surface area contributed by atoms with E-state index in [0.717, 1.165) is 22.1 Å². The Morgan fingerprint density at radius 1 is 1.54 bits per heavy atom. The van der Waals surface area contributed by atoms with E-state index in [4.69, 9.17) is 0 Å². The number of fused-ring (bicyclic) bond motifs is 1. The van der Waals surface area contributed by atoms with Gasteiger partial charge in [-0.15, -0.1) is 0 Å². The highest BCUT2D eigenvalue weighted by atomic mass is 79.9. The molecule has 1 heterocycles. The smallest absolute Gasteiger partial charge is 0.145 e. The van der Waals surface area contributed by atoms with Crippen LogP contribution in [0.2, 0.25) is 0 Å². The molecule has 1 nitrogen and oxygen atoms in total. The summed E-state index contributed by atoms with van der Waals surface area (Å²) in [6.07, 6.45) is 0. The Balaban J connectivity index is 2.58. The van der Waals surface area contributed by atoms with Crippen molar-refractivity contribution in [2.75, 3.05) is 6.54 Å². The highest BCUT2D eigenvalue weighted by molar-refractivity contribution is 9.10. The zero-order chi connectivity index (χ0) is 9.47. The third-order valence-electron chi connectivity index (χ3n) is 2.44. The van der Waals surface area contributed by atoms with E-state index in [9.17, 15) is 4.39 Å². The van der Waals surface area contributed by atoms with Crippen LogP contribution in [0.15, 0.2) is 22.7 Å². The summed E-state index contributed by atoms with van der Waals surface area (Å²) in [6, 6.07) is 5.69. The van der Waals surface area contributed by atoms with Crippen LogP contribution in [0.4, 0.5) is 4.39 Å². The molecule has 0 fully saturated rings. The van der Waals surface area contributed by atoms with Crippen molar-refractivity contribution in [2.24, 2.45) is 0 Å². The van der Waals surface area contributed by atoms with E-state index < -0.39 is 5.67 Å². The van der Waals surface area contributed by atoms with E-state index in [-0.39, 0.29) is 0 Å². The van der Waals surface area contributed by atoms with Gasteiger partial charge < -0.3 is 5.32 Å². The van der Waals surface area contributed by atoms with E-state index in [2.05, 4.69) is 21.2 Å². The molecule has 1 aromatic carbocycles. The summed E-state index contributed by atoms with van der Waals surface area (Å²) < 4.78 is 14.9. The van der Waals surface area contributed by atoms with Crippen LogP contribution in [0, 0.1) is 0 Å². The minimum atomic E-state index is -1.24. The van der Waals surface area contributed by atoms with Crippen molar-refractivity contribution in [2.45, 2.75) is 19.1 Å². The number of hydrogen-bond donors (Lipinski definition) is 1. The third kappa shape index (κ3) is 1.51. The van der Waals surface area contributed by atoms with Crippen molar-refractivity contribution in [1.29, 1.82) is 0 Å². The molecule has 1 aromatic rings. The Kier molecular flexibility index (Phi) is 2.16. The van der Waals surface area contributed by atoms with Crippen molar-refractivity contribution in [3.05, 3.63) is 33.8 Å². The second-order valence-corrected chi connectivity index (χ2v) is 4.42. The van der Waals surface area contributed by atoms with Gasteiger partial charge in [-0.05, 0) is 24.1 Å². The molecule has 1 aliphatic heterocycles. The lowest BCUT2D eigenvalue weighted by Gasteiger charge is -2.30. The van der Waals surface area contributed by atoms with Gasteiger partial charge in [0.2, 0.25) is 0 Å². The molecule has 0 saturated heterocycles. The zero-order valence-electron chi connectivity index (χ0n) is 7.40. The van der Waals surface area contributed by atoms with Crippen molar-refractivity contribution in [3.8, 4) is 0 Å². The summed E-state index contributed by atoms with van der Waals surface area (Å²) >= 11 is 3.43. The van der Waals surface area contributed by atoms with E-state index in [1.54, 1.807) is 6.92 Å². The maximum atomic E-state index is 14.0. The molecule has 0 amide bonds. The number of rotatable bonds is 0. The first kappa shape index (κ1) is 9.16. The van der Waals surface area contributed by atoms with E-state index in [1.807, 2.05) is 18.2 Å². The van der Waals surface area contributed by atoms with Gasteiger partial charge in [-0.3, -0.25) is 0 Å². The number of hydrogen-bond acceptors (Lipinski definition) is 1. The Bertz CT molecular complexity index is 336. The molecule has 0 saturated carbocycles. The van der Waals surface area contributed by atoms with Crippen molar-refractivity contribution in [3.63, 3.8) is 0 Å². The fourth-order valence-electron chi connectivity index (χ4n) is 1.74. The van der Waals surface area contributed by atoms with Crippen LogP contribution < -0.4 is 5.32 Å². The summed E-state index contributed by atoms with van der Waals surface area (Å²) in [4.78, 5) is 0. The highest BCUT2D eigenvalue weighted by Gasteiger charge is 2.32. The minimum absolute atomic E-state index is 0.399. The van der Waals surface area contributed by atoms with Crippen LogP contribution in [0.1, 0.15) is 18.1 Å².